The molecular weight excluding hydrogens is 294 g/mol. The Balaban J connectivity index is 1.76. The van der Waals surface area contributed by atoms with Gasteiger partial charge in [0.25, 0.3) is 0 Å². The third kappa shape index (κ3) is 3.99. The second-order valence-corrected chi connectivity index (χ2v) is 5.38. The highest BCUT2D eigenvalue weighted by molar-refractivity contribution is 9.10. The van der Waals surface area contributed by atoms with Crippen molar-refractivity contribution in [3.05, 3.63) is 28.7 Å². The molecule has 2 rings (SSSR count). The predicted octanol–water partition coefficient (Wildman–Crippen LogP) is 2.57. The fourth-order valence-electron chi connectivity index (χ4n) is 2.06. The normalized spacial score (nSPS) is 19.3. The topological polar surface area (TPSA) is 53.2 Å². The Labute approximate surface area is 116 Å². The van der Waals surface area contributed by atoms with Crippen LogP contribution in [-0.4, -0.2) is 25.7 Å². The lowest BCUT2D eigenvalue weighted by Gasteiger charge is -2.22. The van der Waals surface area contributed by atoms with Crippen LogP contribution in [0.2, 0.25) is 0 Å². The number of para-hydroxylation sites is 1. The molecule has 4 nitrogen and oxygen atoms in total. The summed E-state index contributed by atoms with van der Waals surface area (Å²) in [6.07, 6.45) is 2.38. The molecular formula is C13H18BrN3O. The van der Waals surface area contributed by atoms with Crippen molar-refractivity contribution in [2.24, 2.45) is 5.92 Å². The van der Waals surface area contributed by atoms with Gasteiger partial charge < -0.3 is 16.0 Å². The molecule has 1 saturated heterocycles. The first-order chi connectivity index (χ1) is 8.75. The Morgan fingerprint density at radius 3 is 3.00 bits per heavy atom. The van der Waals surface area contributed by atoms with Crippen LogP contribution in [0, 0.1) is 5.92 Å². The number of anilines is 1. The van der Waals surface area contributed by atoms with Crippen molar-refractivity contribution in [3.63, 3.8) is 0 Å². The van der Waals surface area contributed by atoms with Crippen LogP contribution >= 0.6 is 15.9 Å². The number of rotatable bonds is 3. The fourth-order valence-corrected chi connectivity index (χ4v) is 2.45. The van der Waals surface area contributed by atoms with E-state index in [2.05, 4.69) is 31.9 Å². The van der Waals surface area contributed by atoms with Gasteiger partial charge >= 0.3 is 6.03 Å². The van der Waals surface area contributed by atoms with E-state index in [9.17, 15) is 4.79 Å². The monoisotopic (exact) mass is 311 g/mol. The molecule has 0 aromatic heterocycles. The van der Waals surface area contributed by atoms with Crippen LogP contribution in [0.3, 0.4) is 0 Å². The van der Waals surface area contributed by atoms with E-state index in [1.54, 1.807) is 0 Å². The van der Waals surface area contributed by atoms with Gasteiger partial charge in [-0.05, 0) is 59.9 Å². The summed E-state index contributed by atoms with van der Waals surface area (Å²) >= 11 is 3.40. The molecule has 1 unspecified atom stereocenters. The number of carbonyl (C=O) groups excluding carboxylic acids is 1. The van der Waals surface area contributed by atoms with E-state index in [4.69, 9.17) is 0 Å². The Kier molecular flexibility index (Phi) is 5.01. The Morgan fingerprint density at radius 2 is 2.28 bits per heavy atom. The smallest absolute Gasteiger partial charge is 0.319 e. The van der Waals surface area contributed by atoms with Crippen molar-refractivity contribution in [3.8, 4) is 0 Å². The molecule has 0 bridgehead atoms. The number of hydrogen-bond donors (Lipinski definition) is 3. The second-order valence-electron chi connectivity index (χ2n) is 4.53. The van der Waals surface area contributed by atoms with Gasteiger partial charge in [0, 0.05) is 11.0 Å². The van der Waals surface area contributed by atoms with Gasteiger partial charge in [0.15, 0.2) is 0 Å². The van der Waals surface area contributed by atoms with Gasteiger partial charge in [-0.15, -0.1) is 0 Å². The third-order valence-corrected chi connectivity index (χ3v) is 3.76. The standard InChI is InChI=1S/C13H18BrN3O/c14-11-5-1-2-6-12(11)17-13(18)16-9-10-4-3-7-15-8-10/h1-2,5-6,10,15H,3-4,7-9H2,(H2,16,17,18). The lowest BCUT2D eigenvalue weighted by atomic mass is 10.00. The van der Waals surface area contributed by atoms with Gasteiger partial charge in [0.05, 0.1) is 5.69 Å². The van der Waals surface area contributed by atoms with E-state index in [0.29, 0.717) is 5.92 Å². The van der Waals surface area contributed by atoms with E-state index in [1.165, 1.54) is 12.8 Å². The van der Waals surface area contributed by atoms with Crippen LogP contribution in [0.25, 0.3) is 0 Å². The molecule has 0 spiro atoms. The summed E-state index contributed by atoms with van der Waals surface area (Å²) in [7, 11) is 0. The van der Waals surface area contributed by atoms with Crippen molar-refractivity contribution in [1.29, 1.82) is 0 Å². The first-order valence-corrected chi connectivity index (χ1v) is 7.05. The number of amides is 2. The summed E-state index contributed by atoms with van der Waals surface area (Å²) in [6.45, 7) is 2.82. The lowest BCUT2D eigenvalue weighted by Crippen LogP contribution is -2.39. The maximum absolute atomic E-state index is 11.7. The summed E-state index contributed by atoms with van der Waals surface area (Å²) in [5.74, 6) is 0.545. The fraction of sp³-hybridized carbons (Fsp3) is 0.462. The van der Waals surface area contributed by atoms with Crippen LogP contribution in [0.5, 0.6) is 0 Å². The van der Waals surface area contributed by atoms with E-state index >= 15 is 0 Å². The number of carbonyl (C=O) groups is 1. The van der Waals surface area contributed by atoms with Crippen molar-refractivity contribution in [2.45, 2.75) is 12.8 Å². The quantitative estimate of drug-likeness (QED) is 0.803. The van der Waals surface area contributed by atoms with Crippen LogP contribution in [0.15, 0.2) is 28.7 Å². The van der Waals surface area contributed by atoms with E-state index in [1.807, 2.05) is 24.3 Å². The first kappa shape index (κ1) is 13.4. The van der Waals surface area contributed by atoms with E-state index in [0.717, 1.165) is 29.8 Å². The van der Waals surface area contributed by atoms with Crippen molar-refractivity contribution >= 4 is 27.6 Å². The molecule has 1 fully saturated rings. The molecule has 0 aliphatic carbocycles. The summed E-state index contributed by atoms with van der Waals surface area (Å²) in [5.41, 5.74) is 0.789. The molecule has 0 saturated carbocycles. The molecule has 1 aliphatic rings. The van der Waals surface area contributed by atoms with Crippen LogP contribution in [-0.2, 0) is 0 Å². The van der Waals surface area contributed by atoms with Crippen LogP contribution < -0.4 is 16.0 Å². The highest BCUT2D eigenvalue weighted by atomic mass is 79.9. The minimum absolute atomic E-state index is 0.146. The van der Waals surface area contributed by atoms with Gasteiger partial charge in [-0.2, -0.15) is 0 Å². The molecule has 18 heavy (non-hydrogen) atoms. The molecule has 1 aliphatic heterocycles. The Hall–Kier alpha value is -1.07. The maximum Gasteiger partial charge on any atom is 0.319 e. The Morgan fingerprint density at radius 1 is 1.44 bits per heavy atom. The third-order valence-electron chi connectivity index (χ3n) is 3.07. The van der Waals surface area contributed by atoms with Crippen molar-refractivity contribution in [2.75, 3.05) is 25.0 Å². The SMILES string of the molecule is O=C(NCC1CCCNC1)Nc1ccccc1Br. The van der Waals surface area contributed by atoms with Crippen molar-refractivity contribution < 1.29 is 4.79 Å². The average molecular weight is 312 g/mol. The molecule has 1 heterocycles. The first-order valence-electron chi connectivity index (χ1n) is 6.26. The highest BCUT2D eigenvalue weighted by Gasteiger charge is 2.13. The zero-order chi connectivity index (χ0) is 12.8. The minimum Gasteiger partial charge on any atom is -0.338 e. The summed E-state index contributed by atoms with van der Waals surface area (Å²) < 4.78 is 0.888. The van der Waals surface area contributed by atoms with Crippen LogP contribution in [0.1, 0.15) is 12.8 Å². The van der Waals surface area contributed by atoms with Gasteiger partial charge in [-0.25, -0.2) is 4.79 Å². The maximum atomic E-state index is 11.7. The van der Waals surface area contributed by atoms with Crippen molar-refractivity contribution in [1.82, 2.24) is 10.6 Å². The molecule has 5 heteroatoms. The molecule has 2 amide bonds. The molecule has 1 aromatic carbocycles. The number of piperidine rings is 1. The largest absolute Gasteiger partial charge is 0.338 e. The predicted molar refractivity (Wildman–Crippen MR) is 76.8 cm³/mol. The molecule has 98 valence electrons. The zero-order valence-electron chi connectivity index (χ0n) is 10.2. The second kappa shape index (κ2) is 6.75. The number of benzene rings is 1. The van der Waals surface area contributed by atoms with Gasteiger partial charge in [-0.3, -0.25) is 0 Å². The summed E-state index contributed by atoms with van der Waals surface area (Å²) in [4.78, 5) is 11.7. The van der Waals surface area contributed by atoms with Gasteiger partial charge in [0.1, 0.15) is 0 Å². The van der Waals surface area contributed by atoms with E-state index < -0.39 is 0 Å². The molecule has 3 N–H and O–H groups in total. The Bertz CT molecular complexity index is 405. The van der Waals surface area contributed by atoms with Crippen LogP contribution in [0.4, 0.5) is 10.5 Å². The molecule has 1 aromatic rings. The average Bonchev–Trinajstić information content (AvgIpc) is 2.40. The zero-order valence-corrected chi connectivity index (χ0v) is 11.8. The van der Waals surface area contributed by atoms with Gasteiger partial charge in [0.2, 0.25) is 0 Å². The summed E-state index contributed by atoms with van der Waals surface area (Å²) in [5, 5.41) is 9.09. The minimum atomic E-state index is -0.146. The van der Waals surface area contributed by atoms with E-state index in [-0.39, 0.29) is 6.03 Å². The molecule has 0 radical (unpaired) electrons. The molecule has 1 atom stereocenters. The number of urea groups is 1. The lowest BCUT2D eigenvalue weighted by molar-refractivity contribution is 0.248. The highest BCUT2D eigenvalue weighted by Crippen LogP contribution is 2.20. The van der Waals surface area contributed by atoms with Gasteiger partial charge in [-0.1, -0.05) is 12.1 Å². The summed E-state index contributed by atoms with van der Waals surface area (Å²) in [6, 6.07) is 7.44. The number of halogens is 1. The number of nitrogens with one attached hydrogen (secondary N) is 3. The number of hydrogen-bond acceptors (Lipinski definition) is 2.